The summed E-state index contributed by atoms with van der Waals surface area (Å²) in [6.07, 6.45) is 0. The predicted octanol–water partition coefficient (Wildman–Crippen LogP) is 3.03. The number of nitrogens with one attached hydrogen (secondary N) is 2. The van der Waals surface area contributed by atoms with Crippen LogP contribution < -0.4 is 5.32 Å². The molecule has 0 atom stereocenters. The van der Waals surface area contributed by atoms with Crippen LogP contribution in [0.4, 0.5) is 0 Å². The van der Waals surface area contributed by atoms with E-state index in [-0.39, 0.29) is 5.54 Å². The summed E-state index contributed by atoms with van der Waals surface area (Å²) in [5.41, 5.74) is 2.29. The largest absolute Gasteiger partial charge is 0.306 e. The van der Waals surface area contributed by atoms with Crippen LogP contribution in [0.15, 0.2) is 23.6 Å². The summed E-state index contributed by atoms with van der Waals surface area (Å²) in [6.45, 7) is 7.29. The zero-order chi connectivity index (χ0) is 11.6. The molecular weight excluding hydrogens is 218 g/mol. The minimum absolute atomic E-state index is 0.133. The first-order valence-electron chi connectivity index (χ1n) is 5.38. The van der Waals surface area contributed by atoms with Crippen LogP contribution in [0, 0.1) is 0 Å². The standard InChI is InChI=1S/C12H17N3S/c1-12(2,3)13-8-9-7-10(15-14-9)11-5-4-6-16-11/h4-7,13H,8H2,1-3H3,(H,14,15). The van der Waals surface area contributed by atoms with Gasteiger partial charge in [0, 0.05) is 17.8 Å². The van der Waals surface area contributed by atoms with Crippen LogP contribution >= 0.6 is 11.3 Å². The lowest BCUT2D eigenvalue weighted by Crippen LogP contribution is -2.35. The third-order valence-electron chi connectivity index (χ3n) is 2.21. The monoisotopic (exact) mass is 235 g/mol. The van der Waals surface area contributed by atoms with Gasteiger partial charge in [0.1, 0.15) is 5.69 Å². The lowest BCUT2D eigenvalue weighted by molar-refractivity contribution is 0.421. The zero-order valence-electron chi connectivity index (χ0n) is 9.87. The molecule has 0 aliphatic carbocycles. The highest BCUT2D eigenvalue weighted by atomic mass is 32.1. The smallest absolute Gasteiger partial charge is 0.102 e. The van der Waals surface area contributed by atoms with E-state index in [1.807, 2.05) is 6.07 Å². The molecule has 0 saturated heterocycles. The molecule has 2 heterocycles. The SMILES string of the molecule is CC(C)(C)NCc1cc(-c2cccs2)n[nH]1. The maximum absolute atomic E-state index is 4.30. The number of aromatic amines is 1. The Balaban J connectivity index is 2.03. The Morgan fingerprint density at radius 2 is 2.25 bits per heavy atom. The van der Waals surface area contributed by atoms with Crippen LogP contribution in [-0.4, -0.2) is 15.7 Å². The Morgan fingerprint density at radius 1 is 1.44 bits per heavy atom. The molecule has 2 N–H and O–H groups in total. The van der Waals surface area contributed by atoms with Gasteiger partial charge in [-0.25, -0.2) is 0 Å². The fourth-order valence-electron chi connectivity index (χ4n) is 1.36. The highest BCUT2D eigenvalue weighted by Gasteiger charge is 2.10. The highest BCUT2D eigenvalue weighted by Crippen LogP contribution is 2.22. The number of rotatable bonds is 3. The summed E-state index contributed by atoms with van der Waals surface area (Å²) in [4.78, 5) is 1.21. The fraction of sp³-hybridized carbons (Fsp3) is 0.417. The molecule has 2 aromatic heterocycles. The second kappa shape index (κ2) is 4.39. The molecule has 86 valence electrons. The first-order chi connectivity index (χ1) is 7.54. The molecule has 3 nitrogen and oxygen atoms in total. The van der Waals surface area contributed by atoms with Crippen LogP contribution in [0.5, 0.6) is 0 Å². The quantitative estimate of drug-likeness (QED) is 0.858. The van der Waals surface area contributed by atoms with Gasteiger partial charge in [0.25, 0.3) is 0 Å². The summed E-state index contributed by atoms with van der Waals surface area (Å²) in [5, 5.41) is 12.9. The summed E-state index contributed by atoms with van der Waals surface area (Å²) >= 11 is 1.71. The Bertz CT molecular complexity index is 437. The molecule has 0 aliphatic heterocycles. The second-order valence-electron chi connectivity index (χ2n) is 4.86. The van der Waals surface area contributed by atoms with Crippen molar-refractivity contribution >= 4 is 11.3 Å². The number of H-pyrrole nitrogens is 1. The Hall–Kier alpha value is -1.13. The van der Waals surface area contributed by atoms with E-state index in [2.05, 4.69) is 53.8 Å². The molecule has 16 heavy (non-hydrogen) atoms. The summed E-state index contributed by atoms with van der Waals surface area (Å²) in [7, 11) is 0. The van der Waals surface area contributed by atoms with Crippen LogP contribution in [-0.2, 0) is 6.54 Å². The lowest BCUT2D eigenvalue weighted by Gasteiger charge is -2.19. The van der Waals surface area contributed by atoms with Gasteiger partial charge in [0.05, 0.1) is 4.88 Å². The van der Waals surface area contributed by atoms with Gasteiger partial charge in [-0.3, -0.25) is 5.10 Å². The fourth-order valence-corrected chi connectivity index (χ4v) is 2.05. The van der Waals surface area contributed by atoms with Crippen molar-refractivity contribution in [2.75, 3.05) is 0 Å². The van der Waals surface area contributed by atoms with Gasteiger partial charge in [-0.15, -0.1) is 11.3 Å². The van der Waals surface area contributed by atoms with Crippen molar-refractivity contribution in [1.29, 1.82) is 0 Å². The summed E-state index contributed by atoms with van der Waals surface area (Å²) in [5.74, 6) is 0. The van der Waals surface area contributed by atoms with Crippen LogP contribution in [0.3, 0.4) is 0 Å². The van der Waals surface area contributed by atoms with E-state index in [1.165, 1.54) is 4.88 Å². The average molecular weight is 235 g/mol. The first-order valence-corrected chi connectivity index (χ1v) is 6.26. The normalized spacial score (nSPS) is 11.9. The van der Waals surface area contributed by atoms with Crippen LogP contribution in [0.2, 0.25) is 0 Å². The van der Waals surface area contributed by atoms with E-state index < -0.39 is 0 Å². The molecular formula is C12H17N3S. The third-order valence-corrected chi connectivity index (χ3v) is 3.11. The molecule has 2 rings (SSSR count). The second-order valence-corrected chi connectivity index (χ2v) is 5.81. The maximum Gasteiger partial charge on any atom is 0.102 e. The van der Waals surface area contributed by atoms with Gasteiger partial charge >= 0.3 is 0 Å². The Morgan fingerprint density at radius 3 is 2.88 bits per heavy atom. The molecule has 0 saturated carbocycles. The number of nitrogens with zero attached hydrogens (tertiary/aromatic N) is 1. The van der Waals surface area contributed by atoms with Gasteiger partial charge in [-0.2, -0.15) is 5.10 Å². The van der Waals surface area contributed by atoms with E-state index in [0.717, 1.165) is 17.9 Å². The van der Waals surface area contributed by atoms with E-state index in [9.17, 15) is 0 Å². The van der Waals surface area contributed by atoms with Gasteiger partial charge in [-0.1, -0.05) is 6.07 Å². The topological polar surface area (TPSA) is 40.7 Å². The average Bonchev–Trinajstić information content (AvgIpc) is 2.84. The van der Waals surface area contributed by atoms with Crippen LogP contribution in [0.25, 0.3) is 10.6 Å². The Kier molecular flexibility index (Phi) is 3.12. The molecule has 4 heteroatoms. The minimum Gasteiger partial charge on any atom is -0.306 e. The maximum atomic E-state index is 4.30. The van der Waals surface area contributed by atoms with Crippen molar-refractivity contribution in [3.8, 4) is 10.6 Å². The highest BCUT2D eigenvalue weighted by molar-refractivity contribution is 7.13. The molecule has 0 spiro atoms. The molecule has 0 fully saturated rings. The van der Waals surface area contributed by atoms with E-state index in [4.69, 9.17) is 0 Å². The number of aromatic nitrogens is 2. The lowest BCUT2D eigenvalue weighted by atomic mass is 10.1. The number of hydrogen-bond donors (Lipinski definition) is 2. The third kappa shape index (κ3) is 2.93. The molecule has 0 radical (unpaired) electrons. The van der Waals surface area contributed by atoms with Gasteiger partial charge in [0.2, 0.25) is 0 Å². The summed E-state index contributed by atoms with van der Waals surface area (Å²) < 4.78 is 0. The number of hydrogen-bond acceptors (Lipinski definition) is 3. The molecule has 0 aromatic carbocycles. The van der Waals surface area contributed by atoms with Crippen molar-refractivity contribution < 1.29 is 0 Å². The van der Waals surface area contributed by atoms with E-state index in [0.29, 0.717) is 0 Å². The van der Waals surface area contributed by atoms with Crippen molar-refractivity contribution in [3.63, 3.8) is 0 Å². The van der Waals surface area contributed by atoms with Crippen molar-refractivity contribution in [1.82, 2.24) is 15.5 Å². The number of thiophene rings is 1. The van der Waals surface area contributed by atoms with E-state index >= 15 is 0 Å². The predicted molar refractivity (Wildman–Crippen MR) is 68.5 cm³/mol. The van der Waals surface area contributed by atoms with E-state index in [1.54, 1.807) is 11.3 Å². The first kappa shape index (κ1) is 11.4. The summed E-state index contributed by atoms with van der Waals surface area (Å²) in [6, 6.07) is 6.23. The molecule has 0 unspecified atom stereocenters. The molecule has 0 aliphatic rings. The van der Waals surface area contributed by atoms with Crippen molar-refractivity contribution in [2.24, 2.45) is 0 Å². The molecule has 2 aromatic rings. The van der Waals surface area contributed by atoms with Crippen molar-refractivity contribution in [2.45, 2.75) is 32.9 Å². The minimum atomic E-state index is 0.133. The molecule has 0 bridgehead atoms. The molecule has 0 amide bonds. The van der Waals surface area contributed by atoms with Crippen LogP contribution in [0.1, 0.15) is 26.5 Å². The zero-order valence-corrected chi connectivity index (χ0v) is 10.7. The van der Waals surface area contributed by atoms with Gasteiger partial charge in [-0.05, 0) is 38.3 Å². The van der Waals surface area contributed by atoms with Gasteiger partial charge < -0.3 is 5.32 Å². The van der Waals surface area contributed by atoms with Crippen molar-refractivity contribution in [3.05, 3.63) is 29.3 Å². The van der Waals surface area contributed by atoms with Gasteiger partial charge in [0.15, 0.2) is 0 Å². The Labute approximate surface area is 99.9 Å².